The second kappa shape index (κ2) is 7.13. The van der Waals surface area contributed by atoms with Crippen molar-refractivity contribution in [2.75, 3.05) is 39.8 Å². The van der Waals surface area contributed by atoms with Crippen molar-refractivity contribution in [3.63, 3.8) is 0 Å². The predicted octanol–water partition coefficient (Wildman–Crippen LogP) is 2.16. The molecule has 2 aliphatic heterocycles. The lowest BCUT2D eigenvalue weighted by molar-refractivity contribution is 0.117. The predicted molar refractivity (Wildman–Crippen MR) is 78.2 cm³/mol. The Bertz CT molecular complexity index is 279. The molecule has 0 radical (unpaired) electrons. The van der Waals surface area contributed by atoms with Crippen molar-refractivity contribution in [2.45, 2.75) is 39.0 Å². The van der Waals surface area contributed by atoms with E-state index in [0.717, 1.165) is 44.6 Å². The standard InChI is InChI=1S/C15H29N3O/c1-13-4-9-17(10-5-13)15(19)18-11-6-14(7-12-18)3-8-16-2/h13-14,16H,3-12H2,1-2H3. The van der Waals surface area contributed by atoms with Crippen molar-refractivity contribution < 1.29 is 4.79 Å². The zero-order valence-electron chi connectivity index (χ0n) is 12.5. The third-order valence-corrected chi connectivity index (χ3v) is 4.74. The van der Waals surface area contributed by atoms with E-state index in [4.69, 9.17) is 0 Å². The Balaban J connectivity index is 1.73. The molecule has 0 unspecified atom stereocenters. The molecule has 0 spiro atoms. The number of carbonyl (C=O) groups excluding carboxylic acids is 1. The van der Waals surface area contributed by atoms with Crippen molar-refractivity contribution >= 4 is 6.03 Å². The fourth-order valence-electron chi connectivity index (χ4n) is 3.16. The Morgan fingerprint density at radius 3 is 2.11 bits per heavy atom. The van der Waals surface area contributed by atoms with Gasteiger partial charge in [0.05, 0.1) is 0 Å². The monoisotopic (exact) mass is 267 g/mol. The van der Waals surface area contributed by atoms with Crippen LogP contribution in [0.15, 0.2) is 0 Å². The molecule has 2 rings (SSSR count). The Hall–Kier alpha value is -0.770. The van der Waals surface area contributed by atoms with E-state index in [0.29, 0.717) is 6.03 Å². The summed E-state index contributed by atoms with van der Waals surface area (Å²) in [4.78, 5) is 16.6. The van der Waals surface area contributed by atoms with Gasteiger partial charge < -0.3 is 15.1 Å². The number of amides is 2. The summed E-state index contributed by atoms with van der Waals surface area (Å²) in [5.74, 6) is 1.59. The topological polar surface area (TPSA) is 35.6 Å². The van der Waals surface area contributed by atoms with E-state index >= 15 is 0 Å². The molecule has 1 N–H and O–H groups in total. The summed E-state index contributed by atoms with van der Waals surface area (Å²) in [6, 6.07) is 0.291. The maximum absolute atomic E-state index is 12.4. The van der Waals surface area contributed by atoms with Crippen LogP contribution in [-0.4, -0.2) is 55.6 Å². The highest BCUT2D eigenvalue weighted by molar-refractivity contribution is 5.74. The summed E-state index contributed by atoms with van der Waals surface area (Å²) >= 11 is 0. The molecule has 110 valence electrons. The fourth-order valence-corrected chi connectivity index (χ4v) is 3.16. The molecule has 0 aromatic rings. The number of nitrogens with zero attached hydrogens (tertiary/aromatic N) is 2. The SMILES string of the molecule is CNCCC1CCN(C(=O)N2CCC(C)CC2)CC1. The van der Waals surface area contributed by atoms with Gasteiger partial charge in [-0.25, -0.2) is 4.79 Å². The minimum atomic E-state index is 0.291. The van der Waals surface area contributed by atoms with Crippen LogP contribution in [0.25, 0.3) is 0 Å². The van der Waals surface area contributed by atoms with Crippen LogP contribution in [0, 0.1) is 11.8 Å². The first-order chi connectivity index (χ1) is 9.20. The number of rotatable bonds is 3. The lowest BCUT2D eigenvalue weighted by Gasteiger charge is -2.38. The minimum Gasteiger partial charge on any atom is -0.325 e. The lowest BCUT2D eigenvalue weighted by atomic mass is 9.93. The fraction of sp³-hybridized carbons (Fsp3) is 0.933. The van der Waals surface area contributed by atoms with Crippen LogP contribution in [0.3, 0.4) is 0 Å². The first kappa shape index (κ1) is 14.6. The van der Waals surface area contributed by atoms with Gasteiger partial charge in [0.1, 0.15) is 0 Å². The molecule has 0 saturated carbocycles. The highest BCUT2D eigenvalue weighted by Crippen LogP contribution is 2.23. The van der Waals surface area contributed by atoms with Crippen LogP contribution in [0.5, 0.6) is 0 Å². The molecule has 0 atom stereocenters. The Labute approximate surface area is 117 Å². The van der Waals surface area contributed by atoms with Gasteiger partial charge in [0.25, 0.3) is 0 Å². The second-order valence-corrected chi connectivity index (χ2v) is 6.27. The molecular weight excluding hydrogens is 238 g/mol. The van der Waals surface area contributed by atoms with Crippen molar-refractivity contribution in [2.24, 2.45) is 11.8 Å². The minimum absolute atomic E-state index is 0.291. The summed E-state index contributed by atoms with van der Waals surface area (Å²) in [5.41, 5.74) is 0. The molecule has 4 heteroatoms. The molecule has 2 aliphatic rings. The first-order valence-corrected chi connectivity index (χ1v) is 7.89. The van der Waals surface area contributed by atoms with Crippen molar-refractivity contribution in [3.8, 4) is 0 Å². The van der Waals surface area contributed by atoms with Gasteiger partial charge in [-0.1, -0.05) is 6.92 Å². The number of piperidine rings is 2. The number of hydrogen-bond acceptors (Lipinski definition) is 2. The first-order valence-electron chi connectivity index (χ1n) is 7.89. The number of urea groups is 1. The van der Waals surface area contributed by atoms with Gasteiger partial charge in [-0.2, -0.15) is 0 Å². The average Bonchev–Trinajstić information content (AvgIpc) is 2.46. The average molecular weight is 267 g/mol. The largest absolute Gasteiger partial charge is 0.325 e. The van der Waals surface area contributed by atoms with Crippen molar-refractivity contribution in [1.29, 1.82) is 0 Å². The van der Waals surface area contributed by atoms with Crippen molar-refractivity contribution in [3.05, 3.63) is 0 Å². The third-order valence-electron chi connectivity index (χ3n) is 4.74. The van der Waals surface area contributed by atoms with Gasteiger partial charge in [-0.3, -0.25) is 0 Å². The van der Waals surface area contributed by atoms with E-state index in [-0.39, 0.29) is 0 Å². The highest BCUT2D eigenvalue weighted by atomic mass is 16.2. The molecule has 0 aromatic heterocycles. The molecule has 2 saturated heterocycles. The summed E-state index contributed by atoms with van der Waals surface area (Å²) in [5, 5.41) is 3.22. The number of nitrogens with one attached hydrogen (secondary N) is 1. The van der Waals surface area contributed by atoms with Crippen LogP contribution in [0.2, 0.25) is 0 Å². The Morgan fingerprint density at radius 1 is 1.05 bits per heavy atom. The van der Waals surface area contributed by atoms with Gasteiger partial charge in [0.15, 0.2) is 0 Å². The summed E-state index contributed by atoms with van der Waals surface area (Å²) in [6.07, 6.45) is 5.95. The van der Waals surface area contributed by atoms with Gasteiger partial charge in [-0.15, -0.1) is 0 Å². The Kier molecular flexibility index (Phi) is 5.49. The number of likely N-dealkylation sites (tertiary alicyclic amines) is 2. The van der Waals surface area contributed by atoms with E-state index in [9.17, 15) is 4.79 Å². The van der Waals surface area contributed by atoms with Gasteiger partial charge in [-0.05, 0) is 57.5 Å². The van der Waals surface area contributed by atoms with Crippen LogP contribution in [0.1, 0.15) is 39.0 Å². The van der Waals surface area contributed by atoms with E-state index < -0.39 is 0 Å². The van der Waals surface area contributed by atoms with Crippen LogP contribution < -0.4 is 5.32 Å². The zero-order valence-corrected chi connectivity index (χ0v) is 12.5. The van der Waals surface area contributed by atoms with Gasteiger partial charge in [0, 0.05) is 26.2 Å². The molecule has 4 nitrogen and oxygen atoms in total. The van der Waals surface area contributed by atoms with Crippen molar-refractivity contribution in [1.82, 2.24) is 15.1 Å². The Morgan fingerprint density at radius 2 is 1.58 bits per heavy atom. The van der Waals surface area contributed by atoms with Gasteiger partial charge in [0.2, 0.25) is 0 Å². The molecular formula is C15H29N3O. The van der Waals surface area contributed by atoms with E-state index in [1.165, 1.54) is 32.1 Å². The maximum atomic E-state index is 12.4. The summed E-state index contributed by atoms with van der Waals surface area (Å²) in [7, 11) is 2.01. The molecule has 19 heavy (non-hydrogen) atoms. The number of hydrogen-bond donors (Lipinski definition) is 1. The zero-order chi connectivity index (χ0) is 13.7. The molecule has 0 aliphatic carbocycles. The van der Waals surface area contributed by atoms with Crippen LogP contribution in [-0.2, 0) is 0 Å². The maximum Gasteiger partial charge on any atom is 0.319 e. The van der Waals surface area contributed by atoms with E-state index in [1.807, 2.05) is 7.05 Å². The summed E-state index contributed by atoms with van der Waals surface area (Å²) in [6.45, 7) is 7.22. The highest BCUT2D eigenvalue weighted by Gasteiger charge is 2.27. The lowest BCUT2D eigenvalue weighted by Crippen LogP contribution is -2.49. The molecule has 2 fully saturated rings. The van der Waals surface area contributed by atoms with Gasteiger partial charge >= 0.3 is 6.03 Å². The van der Waals surface area contributed by atoms with E-state index in [2.05, 4.69) is 22.0 Å². The molecule has 2 heterocycles. The molecule has 2 amide bonds. The quantitative estimate of drug-likeness (QED) is 0.850. The number of carbonyl (C=O) groups is 1. The molecule has 0 aromatic carbocycles. The van der Waals surface area contributed by atoms with E-state index in [1.54, 1.807) is 0 Å². The third kappa shape index (κ3) is 4.10. The molecule has 0 bridgehead atoms. The van der Waals surface area contributed by atoms with Crippen LogP contribution >= 0.6 is 0 Å². The normalized spacial score (nSPS) is 22.8. The summed E-state index contributed by atoms with van der Waals surface area (Å²) < 4.78 is 0. The smallest absolute Gasteiger partial charge is 0.319 e. The second-order valence-electron chi connectivity index (χ2n) is 6.27. The van der Waals surface area contributed by atoms with Crippen LogP contribution in [0.4, 0.5) is 4.79 Å².